The van der Waals surface area contributed by atoms with E-state index in [1.165, 1.54) is 24.5 Å². The quantitative estimate of drug-likeness (QED) is 0.712. The summed E-state index contributed by atoms with van der Waals surface area (Å²) in [5.41, 5.74) is 0.626. The zero-order valence-corrected chi connectivity index (χ0v) is 9.21. The van der Waals surface area contributed by atoms with Gasteiger partial charge in [-0.15, -0.1) is 13.2 Å². The van der Waals surface area contributed by atoms with Gasteiger partial charge in [-0.1, -0.05) is 0 Å². The normalized spacial score (nSPS) is 12.2. The fourth-order valence-electron chi connectivity index (χ4n) is 1.88. The van der Waals surface area contributed by atoms with Gasteiger partial charge in [-0.25, -0.2) is 4.98 Å². The number of nitrogens with zero attached hydrogens (tertiary/aromatic N) is 1. The minimum absolute atomic E-state index is 0.210. The summed E-state index contributed by atoms with van der Waals surface area (Å²) in [6, 6.07) is 3.75. The Morgan fingerprint density at radius 2 is 2.05 bits per heavy atom. The van der Waals surface area contributed by atoms with Crippen molar-refractivity contribution in [1.29, 1.82) is 0 Å². The Morgan fingerprint density at radius 1 is 1.26 bits per heavy atom. The molecule has 8 heteroatoms. The standard InChI is InChI=1S/C11H6F3N3O2/c12-11(13,14)19-5-1-2-7-6(3-5)8-9(17-7)10(18)16-4-15-8/h1-4,17H,(H,15,16,18). The molecule has 3 aromatic rings. The minimum atomic E-state index is -4.76. The lowest BCUT2D eigenvalue weighted by Gasteiger charge is -2.08. The van der Waals surface area contributed by atoms with E-state index in [2.05, 4.69) is 19.7 Å². The Kier molecular flexibility index (Phi) is 2.28. The van der Waals surface area contributed by atoms with Gasteiger partial charge in [0, 0.05) is 10.9 Å². The first-order chi connectivity index (χ1) is 8.94. The molecule has 5 nitrogen and oxygen atoms in total. The average molecular weight is 269 g/mol. The van der Waals surface area contributed by atoms with E-state index < -0.39 is 6.36 Å². The van der Waals surface area contributed by atoms with Crippen LogP contribution in [0.5, 0.6) is 5.75 Å². The number of H-pyrrole nitrogens is 2. The summed E-state index contributed by atoms with van der Waals surface area (Å²) >= 11 is 0. The van der Waals surface area contributed by atoms with Crippen molar-refractivity contribution in [2.45, 2.75) is 6.36 Å². The van der Waals surface area contributed by atoms with Crippen molar-refractivity contribution in [1.82, 2.24) is 15.0 Å². The van der Waals surface area contributed by atoms with Crippen molar-refractivity contribution in [2.75, 3.05) is 0 Å². The molecule has 2 N–H and O–H groups in total. The maximum atomic E-state index is 12.1. The molecule has 3 rings (SSSR count). The van der Waals surface area contributed by atoms with Gasteiger partial charge in [-0.3, -0.25) is 4.79 Å². The lowest BCUT2D eigenvalue weighted by molar-refractivity contribution is -0.274. The highest BCUT2D eigenvalue weighted by Gasteiger charge is 2.31. The van der Waals surface area contributed by atoms with Crippen molar-refractivity contribution >= 4 is 21.9 Å². The second-order valence-electron chi connectivity index (χ2n) is 3.84. The zero-order valence-electron chi connectivity index (χ0n) is 9.21. The average Bonchev–Trinajstić information content (AvgIpc) is 2.67. The third-order valence-corrected chi connectivity index (χ3v) is 2.59. The third-order valence-electron chi connectivity index (χ3n) is 2.59. The Balaban J connectivity index is 2.25. The SMILES string of the molecule is O=c1[nH]cnc2c1[nH]c1ccc(OC(F)(F)F)cc12. The van der Waals surface area contributed by atoms with Gasteiger partial charge in [0.15, 0.2) is 0 Å². The molecule has 0 aliphatic heterocycles. The molecule has 2 aromatic heterocycles. The number of benzene rings is 1. The molecule has 0 bridgehead atoms. The predicted octanol–water partition coefficient (Wildman–Crippen LogP) is 2.30. The van der Waals surface area contributed by atoms with Gasteiger partial charge in [-0.2, -0.15) is 0 Å². The molecule has 0 atom stereocenters. The molecule has 0 aliphatic carbocycles. The Hall–Kier alpha value is -2.51. The van der Waals surface area contributed by atoms with E-state index in [1.807, 2.05) is 0 Å². The van der Waals surface area contributed by atoms with Crippen LogP contribution in [0.15, 0.2) is 29.3 Å². The molecule has 98 valence electrons. The van der Waals surface area contributed by atoms with Gasteiger partial charge < -0.3 is 14.7 Å². The first-order valence-electron chi connectivity index (χ1n) is 5.19. The summed E-state index contributed by atoms with van der Waals surface area (Å²) in [4.78, 5) is 20.6. The lowest BCUT2D eigenvalue weighted by atomic mass is 10.2. The summed E-state index contributed by atoms with van der Waals surface area (Å²) in [5, 5.41) is 0.392. The van der Waals surface area contributed by atoms with Crippen LogP contribution < -0.4 is 10.3 Å². The van der Waals surface area contributed by atoms with Crippen molar-refractivity contribution in [3.8, 4) is 5.75 Å². The van der Waals surface area contributed by atoms with Gasteiger partial charge in [0.25, 0.3) is 5.56 Å². The number of aromatic amines is 2. The molecule has 0 spiro atoms. The third kappa shape index (κ3) is 2.01. The predicted molar refractivity (Wildman–Crippen MR) is 60.9 cm³/mol. The van der Waals surface area contributed by atoms with Gasteiger partial charge in [0.2, 0.25) is 0 Å². The van der Waals surface area contributed by atoms with Crippen LogP contribution in [0, 0.1) is 0 Å². The highest BCUT2D eigenvalue weighted by Crippen LogP contribution is 2.29. The van der Waals surface area contributed by atoms with Crippen molar-refractivity contribution in [2.24, 2.45) is 0 Å². The largest absolute Gasteiger partial charge is 0.573 e. The number of alkyl halides is 3. The van der Waals surface area contributed by atoms with Crippen LogP contribution >= 0.6 is 0 Å². The molecule has 19 heavy (non-hydrogen) atoms. The fraction of sp³-hybridized carbons (Fsp3) is 0.0909. The fourth-order valence-corrected chi connectivity index (χ4v) is 1.88. The van der Waals surface area contributed by atoms with Gasteiger partial charge in [-0.05, 0) is 18.2 Å². The van der Waals surface area contributed by atoms with E-state index in [0.717, 1.165) is 0 Å². The first-order valence-corrected chi connectivity index (χ1v) is 5.19. The van der Waals surface area contributed by atoms with Crippen LogP contribution in [0.3, 0.4) is 0 Å². The van der Waals surface area contributed by atoms with Crippen LogP contribution in [-0.4, -0.2) is 21.3 Å². The number of fused-ring (bicyclic) bond motifs is 3. The molecule has 2 heterocycles. The van der Waals surface area contributed by atoms with E-state index >= 15 is 0 Å². The molecule has 0 unspecified atom stereocenters. The Labute approximate surface area is 103 Å². The number of ether oxygens (including phenoxy) is 1. The van der Waals surface area contributed by atoms with Crippen LogP contribution in [0.2, 0.25) is 0 Å². The number of hydrogen-bond donors (Lipinski definition) is 2. The molecule has 0 radical (unpaired) electrons. The first kappa shape index (κ1) is 11.6. The lowest BCUT2D eigenvalue weighted by Crippen LogP contribution is -2.16. The van der Waals surface area contributed by atoms with E-state index in [1.54, 1.807) is 0 Å². The van der Waals surface area contributed by atoms with Crippen molar-refractivity contribution < 1.29 is 17.9 Å². The Bertz CT molecular complexity index is 819. The molecule has 0 fully saturated rings. The van der Waals surface area contributed by atoms with Gasteiger partial charge in [0.1, 0.15) is 16.8 Å². The van der Waals surface area contributed by atoms with E-state index in [-0.39, 0.29) is 16.8 Å². The second-order valence-corrected chi connectivity index (χ2v) is 3.84. The number of halogens is 3. The molecule has 1 aromatic carbocycles. The summed E-state index contributed by atoms with van der Waals surface area (Å²) in [7, 11) is 0. The van der Waals surface area contributed by atoms with Crippen molar-refractivity contribution in [3.63, 3.8) is 0 Å². The van der Waals surface area contributed by atoms with E-state index in [9.17, 15) is 18.0 Å². The number of aromatic nitrogens is 3. The molecule has 0 saturated carbocycles. The van der Waals surface area contributed by atoms with E-state index in [0.29, 0.717) is 16.4 Å². The topological polar surface area (TPSA) is 70.8 Å². The molecule has 0 saturated heterocycles. The van der Waals surface area contributed by atoms with Crippen LogP contribution in [-0.2, 0) is 0 Å². The number of rotatable bonds is 1. The van der Waals surface area contributed by atoms with Gasteiger partial charge >= 0.3 is 6.36 Å². The maximum Gasteiger partial charge on any atom is 0.573 e. The number of nitrogens with one attached hydrogen (secondary N) is 2. The minimum Gasteiger partial charge on any atom is -0.406 e. The van der Waals surface area contributed by atoms with Crippen LogP contribution in [0.4, 0.5) is 13.2 Å². The Morgan fingerprint density at radius 3 is 2.79 bits per heavy atom. The maximum absolute atomic E-state index is 12.1. The molecular formula is C11H6F3N3O2. The van der Waals surface area contributed by atoms with E-state index in [4.69, 9.17) is 0 Å². The zero-order chi connectivity index (χ0) is 13.6. The monoisotopic (exact) mass is 269 g/mol. The summed E-state index contributed by atoms with van der Waals surface area (Å²) in [5.74, 6) is -0.358. The summed E-state index contributed by atoms with van der Waals surface area (Å²) < 4.78 is 40.3. The molecular weight excluding hydrogens is 263 g/mol. The van der Waals surface area contributed by atoms with Gasteiger partial charge in [0.05, 0.1) is 6.33 Å². The second kappa shape index (κ2) is 3.74. The highest BCUT2D eigenvalue weighted by molar-refractivity contribution is 6.04. The molecule has 0 amide bonds. The van der Waals surface area contributed by atoms with Crippen molar-refractivity contribution in [3.05, 3.63) is 34.9 Å². The van der Waals surface area contributed by atoms with Crippen LogP contribution in [0.1, 0.15) is 0 Å². The highest BCUT2D eigenvalue weighted by atomic mass is 19.4. The summed E-state index contributed by atoms with van der Waals surface area (Å²) in [6.45, 7) is 0. The summed E-state index contributed by atoms with van der Waals surface area (Å²) in [6.07, 6.45) is -3.57. The number of hydrogen-bond acceptors (Lipinski definition) is 3. The van der Waals surface area contributed by atoms with Crippen LogP contribution in [0.25, 0.3) is 21.9 Å². The molecule has 0 aliphatic rings. The smallest absolute Gasteiger partial charge is 0.406 e.